The zero-order valence-electron chi connectivity index (χ0n) is 13.2. The fourth-order valence-electron chi connectivity index (χ4n) is 2.36. The van der Waals surface area contributed by atoms with Gasteiger partial charge in [-0.2, -0.15) is 0 Å². The van der Waals surface area contributed by atoms with Gasteiger partial charge in [0.1, 0.15) is 9.88 Å². The molecule has 0 aliphatic heterocycles. The van der Waals surface area contributed by atoms with Crippen LogP contribution < -0.4 is 0 Å². The molecule has 0 unspecified atom stereocenters. The third-order valence-electron chi connectivity index (χ3n) is 3.52. The number of esters is 1. The molecular formula is C19H16BrNO2S. The Morgan fingerprint density at radius 3 is 2.29 bits per heavy atom. The first-order valence-electron chi connectivity index (χ1n) is 7.61. The van der Waals surface area contributed by atoms with Crippen LogP contribution in [0, 0.1) is 0 Å². The molecule has 3 rings (SSSR count). The molecule has 5 heteroatoms. The molecule has 0 fully saturated rings. The zero-order chi connectivity index (χ0) is 16.9. The van der Waals surface area contributed by atoms with Crippen molar-refractivity contribution in [3.05, 3.63) is 65.2 Å². The van der Waals surface area contributed by atoms with Gasteiger partial charge < -0.3 is 4.74 Å². The number of thiazole rings is 1. The molecule has 0 atom stereocenters. The summed E-state index contributed by atoms with van der Waals surface area (Å²) in [4.78, 5) is 17.2. The van der Waals surface area contributed by atoms with Crippen LogP contribution in [0.5, 0.6) is 0 Å². The van der Waals surface area contributed by atoms with Crippen molar-refractivity contribution in [1.82, 2.24) is 4.98 Å². The first-order chi connectivity index (χ1) is 11.7. The average Bonchev–Trinajstić information content (AvgIpc) is 3.07. The standard InChI is InChI=1S/C19H16BrNO2S/c1-2-23-19(22)17-16(12-20)21-18(24-17)15-10-8-14(9-11-15)13-6-4-3-5-7-13/h3-11H,2,12H2,1H3. The molecule has 0 saturated carbocycles. The molecule has 24 heavy (non-hydrogen) atoms. The lowest BCUT2D eigenvalue weighted by Gasteiger charge is -2.02. The van der Waals surface area contributed by atoms with E-state index in [9.17, 15) is 4.79 Å². The molecule has 3 nitrogen and oxygen atoms in total. The Hall–Kier alpha value is -1.98. The quantitative estimate of drug-likeness (QED) is 0.415. The van der Waals surface area contributed by atoms with E-state index in [1.165, 1.54) is 16.9 Å². The molecule has 0 spiro atoms. The van der Waals surface area contributed by atoms with Gasteiger partial charge in [-0.25, -0.2) is 9.78 Å². The molecule has 0 bridgehead atoms. The van der Waals surface area contributed by atoms with Crippen LogP contribution in [0.1, 0.15) is 22.3 Å². The van der Waals surface area contributed by atoms with Gasteiger partial charge in [0.15, 0.2) is 0 Å². The lowest BCUT2D eigenvalue weighted by molar-refractivity contribution is 0.0531. The first-order valence-corrected chi connectivity index (χ1v) is 9.55. The molecular weight excluding hydrogens is 386 g/mol. The summed E-state index contributed by atoms with van der Waals surface area (Å²) in [6.45, 7) is 2.16. The summed E-state index contributed by atoms with van der Waals surface area (Å²) in [7, 11) is 0. The van der Waals surface area contributed by atoms with E-state index in [0.717, 1.165) is 21.8 Å². The highest BCUT2D eigenvalue weighted by Crippen LogP contribution is 2.31. The third-order valence-corrected chi connectivity index (χ3v) is 5.18. The van der Waals surface area contributed by atoms with Gasteiger partial charge in [-0.05, 0) is 18.1 Å². The van der Waals surface area contributed by atoms with Crippen LogP contribution >= 0.6 is 27.3 Å². The fourth-order valence-corrected chi connectivity index (χ4v) is 3.93. The molecule has 1 aromatic heterocycles. The van der Waals surface area contributed by atoms with E-state index in [0.29, 0.717) is 16.8 Å². The van der Waals surface area contributed by atoms with Crippen molar-refractivity contribution in [2.75, 3.05) is 6.61 Å². The van der Waals surface area contributed by atoms with Crippen LogP contribution in [0.25, 0.3) is 21.7 Å². The smallest absolute Gasteiger partial charge is 0.350 e. The Bertz CT molecular complexity index is 828. The molecule has 2 aromatic carbocycles. The third kappa shape index (κ3) is 3.57. The largest absolute Gasteiger partial charge is 0.462 e. The summed E-state index contributed by atoms with van der Waals surface area (Å²) in [5.41, 5.74) is 4.05. The number of carbonyl (C=O) groups is 1. The van der Waals surface area contributed by atoms with E-state index in [-0.39, 0.29) is 5.97 Å². The van der Waals surface area contributed by atoms with Gasteiger partial charge in [0.2, 0.25) is 0 Å². The van der Waals surface area contributed by atoms with Crippen LogP contribution in [0.2, 0.25) is 0 Å². The molecule has 0 amide bonds. The van der Waals surface area contributed by atoms with Gasteiger partial charge in [-0.3, -0.25) is 0 Å². The van der Waals surface area contributed by atoms with E-state index >= 15 is 0 Å². The molecule has 1 heterocycles. The number of aromatic nitrogens is 1. The zero-order valence-corrected chi connectivity index (χ0v) is 15.6. The van der Waals surface area contributed by atoms with Crippen molar-refractivity contribution in [2.45, 2.75) is 12.3 Å². The summed E-state index contributed by atoms with van der Waals surface area (Å²) in [6.07, 6.45) is 0. The van der Waals surface area contributed by atoms with Gasteiger partial charge in [0.25, 0.3) is 0 Å². The molecule has 3 aromatic rings. The van der Waals surface area contributed by atoms with Crippen molar-refractivity contribution in [3.8, 4) is 21.7 Å². The summed E-state index contributed by atoms with van der Waals surface area (Å²) in [5, 5.41) is 1.35. The van der Waals surface area contributed by atoms with Gasteiger partial charge in [-0.15, -0.1) is 11.3 Å². The van der Waals surface area contributed by atoms with Crippen molar-refractivity contribution < 1.29 is 9.53 Å². The molecule has 0 aliphatic carbocycles. The highest BCUT2D eigenvalue weighted by molar-refractivity contribution is 9.08. The van der Waals surface area contributed by atoms with Crippen molar-refractivity contribution in [3.63, 3.8) is 0 Å². The maximum atomic E-state index is 12.0. The van der Waals surface area contributed by atoms with Crippen molar-refractivity contribution in [1.29, 1.82) is 0 Å². The SMILES string of the molecule is CCOC(=O)c1sc(-c2ccc(-c3ccccc3)cc2)nc1CBr. The Balaban J connectivity index is 1.91. The summed E-state index contributed by atoms with van der Waals surface area (Å²) in [5.74, 6) is -0.309. The monoisotopic (exact) mass is 401 g/mol. The van der Waals surface area contributed by atoms with E-state index in [4.69, 9.17) is 4.74 Å². The molecule has 0 saturated heterocycles. The van der Waals surface area contributed by atoms with Crippen LogP contribution in [0.15, 0.2) is 54.6 Å². The van der Waals surface area contributed by atoms with Crippen molar-refractivity contribution >= 4 is 33.2 Å². The van der Waals surface area contributed by atoms with Gasteiger partial charge >= 0.3 is 5.97 Å². The maximum absolute atomic E-state index is 12.0. The van der Waals surface area contributed by atoms with Crippen LogP contribution in [-0.2, 0) is 10.1 Å². The summed E-state index contributed by atoms with van der Waals surface area (Å²) >= 11 is 4.76. The highest BCUT2D eigenvalue weighted by atomic mass is 79.9. The second-order valence-electron chi connectivity index (χ2n) is 5.09. The minimum absolute atomic E-state index is 0.309. The number of ether oxygens (including phenoxy) is 1. The molecule has 0 aliphatic rings. The number of nitrogens with zero attached hydrogens (tertiary/aromatic N) is 1. The number of hydrogen-bond acceptors (Lipinski definition) is 4. The normalized spacial score (nSPS) is 10.6. The van der Waals surface area contributed by atoms with Gasteiger partial charge in [0, 0.05) is 10.9 Å². The van der Waals surface area contributed by atoms with E-state index in [2.05, 4.69) is 45.2 Å². The predicted octanol–water partition coefficient (Wildman–Crippen LogP) is 5.55. The lowest BCUT2D eigenvalue weighted by Crippen LogP contribution is -2.04. The number of benzene rings is 2. The minimum atomic E-state index is -0.309. The van der Waals surface area contributed by atoms with Crippen LogP contribution in [-0.4, -0.2) is 17.6 Å². The number of carbonyl (C=O) groups excluding carboxylic acids is 1. The number of alkyl halides is 1. The van der Waals surface area contributed by atoms with Crippen LogP contribution in [0.4, 0.5) is 0 Å². The summed E-state index contributed by atoms with van der Waals surface area (Å²) < 4.78 is 5.11. The Morgan fingerprint density at radius 2 is 1.67 bits per heavy atom. The second-order valence-corrected chi connectivity index (χ2v) is 6.65. The topological polar surface area (TPSA) is 39.2 Å². The Kier molecular flexibility index (Phi) is 5.43. The fraction of sp³-hybridized carbons (Fsp3) is 0.158. The summed E-state index contributed by atoms with van der Waals surface area (Å²) in [6, 6.07) is 18.4. The first kappa shape index (κ1) is 16.9. The van der Waals surface area contributed by atoms with Gasteiger partial charge in [0.05, 0.1) is 12.3 Å². The van der Waals surface area contributed by atoms with E-state index in [1.807, 2.05) is 30.3 Å². The second kappa shape index (κ2) is 7.73. The lowest BCUT2D eigenvalue weighted by atomic mass is 10.0. The van der Waals surface area contributed by atoms with E-state index < -0.39 is 0 Å². The minimum Gasteiger partial charge on any atom is -0.462 e. The van der Waals surface area contributed by atoms with Gasteiger partial charge in [-0.1, -0.05) is 70.5 Å². The average molecular weight is 402 g/mol. The van der Waals surface area contributed by atoms with Crippen molar-refractivity contribution in [2.24, 2.45) is 0 Å². The number of halogens is 1. The predicted molar refractivity (Wildman–Crippen MR) is 102 cm³/mol. The number of hydrogen-bond donors (Lipinski definition) is 0. The maximum Gasteiger partial charge on any atom is 0.350 e. The highest BCUT2D eigenvalue weighted by Gasteiger charge is 2.19. The van der Waals surface area contributed by atoms with Crippen LogP contribution in [0.3, 0.4) is 0 Å². The molecule has 0 N–H and O–H groups in total. The Morgan fingerprint density at radius 1 is 1.04 bits per heavy atom. The molecule has 122 valence electrons. The number of rotatable bonds is 5. The Labute approximate surface area is 153 Å². The van der Waals surface area contributed by atoms with E-state index in [1.54, 1.807) is 6.92 Å². The molecule has 0 radical (unpaired) electrons.